The lowest BCUT2D eigenvalue weighted by atomic mass is 10.1. The SMILES string of the molecule is Cc1ccc(-n2cc(C(=O)N[C@@H](C)c3nc(C)no3)c(-c3ccccc3)n2)cc1. The van der Waals surface area contributed by atoms with E-state index in [0.717, 1.165) is 16.8 Å². The molecule has 1 amide bonds. The summed E-state index contributed by atoms with van der Waals surface area (Å²) in [5.74, 6) is 0.631. The zero-order valence-corrected chi connectivity index (χ0v) is 16.5. The predicted molar refractivity (Wildman–Crippen MR) is 109 cm³/mol. The molecule has 2 heterocycles. The van der Waals surface area contributed by atoms with Crippen LogP contribution in [0.2, 0.25) is 0 Å². The molecule has 4 rings (SSSR count). The van der Waals surface area contributed by atoms with E-state index >= 15 is 0 Å². The van der Waals surface area contributed by atoms with Crippen molar-refractivity contribution in [2.24, 2.45) is 0 Å². The van der Waals surface area contributed by atoms with Gasteiger partial charge in [0.15, 0.2) is 5.82 Å². The van der Waals surface area contributed by atoms with Crippen LogP contribution in [0.3, 0.4) is 0 Å². The lowest BCUT2D eigenvalue weighted by molar-refractivity contribution is 0.0933. The lowest BCUT2D eigenvalue weighted by Gasteiger charge is -2.09. The molecule has 0 fully saturated rings. The third-order valence-electron chi connectivity index (χ3n) is 4.57. The fourth-order valence-electron chi connectivity index (χ4n) is 3.00. The summed E-state index contributed by atoms with van der Waals surface area (Å²) >= 11 is 0. The molecule has 2 aromatic carbocycles. The number of hydrogen-bond donors (Lipinski definition) is 1. The average molecular weight is 387 g/mol. The van der Waals surface area contributed by atoms with Crippen LogP contribution in [0.5, 0.6) is 0 Å². The van der Waals surface area contributed by atoms with E-state index < -0.39 is 6.04 Å². The van der Waals surface area contributed by atoms with Gasteiger partial charge in [0.05, 0.1) is 11.3 Å². The van der Waals surface area contributed by atoms with Crippen molar-refractivity contribution >= 4 is 5.91 Å². The first kappa shape index (κ1) is 18.6. The second-order valence-electron chi connectivity index (χ2n) is 6.91. The molecule has 0 unspecified atom stereocenters. The highest BCUT2D eigenvalue weighted by atomic mass is 16.5. The molecule has 7 nitrogen and oxygen atoms in total. The molecule has 0 saturated carbocycles. The molecular weight excluding hydrogens is 366 g/mol. The molecule has 0 aliphatic rings. The number of carbonyl (C=O) groups excluding carboxylic acids is 1. The van der Waals surface area contributed by atoms with Crippen LogP contribution in [-0.2, 0) is 0 Å². The van der Waals surface area contributed by atoms with E-state index in [1.165, 1.54) is 0 Å². The van der Waals surface area contributed by atoms with E-state index in [2.05, 4.69) is 15.5 Å². The molecular formula is C22H21N5O2. The number of hydrogen-bond acceptors (Lipinski definition) is 5. The Labute approximate surface area is 168 Å². The fraction of sp³-hybridized carbons (Fsp3) is 0.182. The molecule has 146 valence electrons. The molecule has 1 N–H and O–H groups in total. The molecule has 7 heteroatoms. The summed E-state index contributed by atoms with van der Waals surface area (Å²) in [6, 6.07) is 17.2. The minimum atomic E-state index is -0.421. The zero-order valence-electron chi connectivity index (χ0n) is 16.5. The van der Waals surface area contributed by atoms with Crippen molar-refractivity contribution in [2.45, 2.75) is 26.8 Å². The lowest BCUT2D eigenvalue weighted by Crippen LogP contribution is -2.27. The number of aryl methyl sites for hydroxylation is 2. The van der Waals surface area contributed by atoms with Gasteiger partial charge in [0, 0.05) is 11.8 Å². The largest absolute Gasteiger partial charge is 0.340 e. The van der Waals surface area contributed by atoms with Gasteiger partial charge in [0.25, 0.3) is 5.91 Å². The van der Waals surface area contributed by atoms with E-state index in [1.54, 1.807) is 24.7 Å². The van der Waals surface area contributed by atoms with Crippen LogP contribution in [0.4, 0.5) is 0 Å². The molecule has 0 saturated heterocycles. The van der Waals surface area contributed by atoms with Gasteiger partial charge in [0.2, 0.25) is 5.89 Å². The summed E-state index contributed by atoms with van der Waals surface area (Å²) in [6.45, 7) is 5.57. The monoisotopic (exact) mass is 387 g/mol. The molecule has 1 atom stereocenters. The Kier molecular flexibility index (Phi) is 4.95. The van der Waals surface area contributed by atoms with E-state index in [-0.39, 0.29) is 5.91 Å². The summed E-state index contributed by atoms with van der Waals surface area (Å²) in [7, 11) is 0. The summed E-state index contributed by atoms with van der Waals surface area (Å²) in [4.78, 5) is 17.3. The highest BCUT2D eigenvalue weighted by Gasteiger charge is 2.22. The van der Waals surface area contributed by atoms with Crippen LogP contribution < -0.4 is 5.32 Å². The van der Waals surface area contributed by atoms with Gasteiger partial charge in [-0.2, -0.15) is 10.1 Å². The van der Waals surface area contributed by atoms with Gasteiger partial charge in [-0.05, 0) is 32.9 Å². The van der Waals surface area contributed by atoms with E-state index in [1.807, 2.05) is 61.5 Å². The van der Waals surface area contributed by atoms with Crippen LogP contribution in [0.15, 0.2) is 65.3 Å². The van der Waals surface area contributed by atoms with Crippen molar-refractivity contribution in [1.82, 2.24) is 25.2 Å². The maximum Gasteiger partial charge on any atom is 0.255 e. The zero-order chi connectivity index (χ0) is 20.4. The number of nitrogens with zero attached hydrogens (tertiary/aromatic N) is 4. The van der Waals surface area contributed by atoms with E-state index in [0.29, 0.717) is 23.0 Å². The van der Waals surface area contributed by atoms with Crippen LogP contribution in [0, 0.1) is 13.8 Å². The number of carbonyl (C=O) groups is 1. The van der Waals surface area contributed by atoms with Crippen LogP contribution >= 0.6 is 0 Å². The van der Waals surface area contributed by atoms with Gasteiger partial charge >= 0.3 is 0 Å². The standard InChI is InChI=1S/C22H21N5O2/c1-14-9-11-18(12-10-14)27-13-19(20(25-27)17-7-5-4-6-8-17)21(28)23-15(2)22-24-16(3)26-29-22/h4-13,15H,1-3H3,(H,23,28)/t15-/m0/s1. The van der Waals surface area contributed by atoms with Gasteiger partial charge in [-0.1, -0.05) is 53.2 Å². The second kappa shape index (κ2) is 7.71. The van der Waals surface area contributed by atoms with E-state index in [4.69, 9.17) is 9.62 Å². The predicted octanol–water partition coefficient (Wildman–Crippen LogP) is 4.03. The van der Waals surface area contributed by atoms with Crippen LogP contribution in [-0.4, -0.2) is 25.8 Å². The summed E-state index contributed by atoms with van der Waals surface area (Å²) in [6.07, 6.45) is 1.74. The van der Waals surface area contributed by atoms with Crippen molar-refractivity contribution in [3.05, 3.63) is 83.6 Å². The topological polar surface area (TPSA) is 85.8 Å². The Morgan fingerprint density at radius 1 is 1.07 bits per heavy atom. The van der Waals surface area contributed by atoms with Gasteiger partial charge in [-0.15, -0.1) is 0 Å². The fourth-order valence-corrected chi connectivity index (χ4v) is 3.00. The Bertz CT molecular complexity index is 1130. The van der Waals surface area contributed by atoms with Crippen LogP contribution in [0.1, 0.15) is 40.6 Å². The Morgan fingerprint density at radius 3 is 2.45 bits per heavy atom. The number of amides is 1. The first-order chi connectivity index (χ1) is 14.0. The van der Waals surface area contributed by atoms with Crippen LogP contribution in [0.25, 0.3) is 16.9 Å². The Balaban J connectivity index is 1.70. The van der Waals surface area contributed by atoms with Crippen molar-refractivity contribution in [2.75, 3.05) is 0 Å². The third kappa shape index (κ3) is 3.94. The first-order valence-electron chi connectivity index (χ1n) is 9.34. The highest BCUT2D eigenvalue weighted by molar-refractivity contribution is 6.00. The molecule has 29 heavy (non-hydrogen) atoms. The normalized spacial score (nSPS) is 12.0. The molecule has 4 aromatic rings. The summed E-state index contributed by atoms with van der Waals surface area (Å²) in [5.41, 5.74) is 3.99. The highest BCUT2D eigenvalue weighted by Crippen LogP contribution is 2.24. The molecule has 2 aromatic heterocycles. The van der Waals surface area contributed by atoms with E-state index in [9.17, 15) is 4.79 Å². The molecule has 0 aliphatic carbocycles. The maximum atomic E-state index is 13.1. The van der Waals surface area contributed by atoms with Gasteiger partial charge in [-0.3, -0.25) is 4.79 Å². The van der Waals surface area contributed by atoms with Gasteiger partial charge < -0.3 is 9.84 Å². The maximum absolute atomic E-state index is 13.1. The summed E-state index contributed by atoms with van der Waals surface area (Å²) in [5, 5.41) is 11.4. The molecule has 0 aliphatic heterocycles. The quantitative estimate of drug-likeness (QED) is 0.559. The molecule has 0 bridgehead atoms. The van der Waals surface area contributed by atoms with Gasteiger partial charge in [0.1, 0.15) is 11.7 Å². The number of benzene rings is 2. The van der Waals surface area contributed by atoms with Gasteiger partial charge in [-0.25, -0.2) is 4.68 Å². The van der Waals surface area contributed by atoms with Crippen molar-refractivity contribution < 1.29 is 9.32 Å². The number of rotatable bonds is 5. The molecule has 0 spiro atoms. The minimum Gasteiger partial charge on any atom is -0.340 e. The van der Waals surface area contributed by atoms with Crippen molar-refractivity contribution in [3.63, 3.8) is 0 Å². The number of aromatic nitrogens is 4. The number of nitrogens with one attached hydrogen (secondary N) is 1. The summed E-state index contributed by atoms with van der Waals surface area (Å²) < 4.78 is 6.89. The average Bonchev–Trinajstić information content (AvgIpc) is 3.36. The first-order valence-corrected chi connectivity index (χ1v) is 9.34. The minimum absolute atomic E-state index is 0.259. The Hall–Kier alpha value is -3.74. The second-order valence-corrected chi connectivity index (χ2v) is 6.91. The smallest absolute Gasteiger partial charge is 0.255 e. The van der Waals surface area contributed by atoms with Crippen molar-refractivity contribution in [1.29, 1.82) is 0 Å². The van der Waals surface area contributed by atoms with Crippen molar-refractivity contribution in [3.8, 4) is 16.9 Å². The third-order valence-corrected chi connectivity index (χ3v) is 4.57. The molecule has 0 radical (unpaired) electrons. The Morgan fingerprint density at radius 2 is 1.79 bits per heavy atom.